The summed E-state index contributed by atoms with van der Waals surface area (Å²) < 4.78 is 0. The van der Waals surface area contributed by atoms with E-state index in [1.807, 2.05) is 13.0 Å². The number of aliphatic hydroxyl groups is 1. The zero-order valence-electron chi connectivity index (χ0n) is 27.7. The van der Waals surface area contributed by atoms with Gasteiger partial charge in [-0.15, -0.1) is 0 Å². The molecule has 2 N–H and O–H groups in total. The first-order valence-corrected chi connectivity index (χ1v) is 18.3. The summed E-state index contributed by atoms with van der Waals surface area (Å²) in [5, 5.41) is 13.6. The molecular weight excluding hydrogens is 490 g/mol. The molecule has 0 aromatic heterocycles. The van der Waals surface area contributed by atoms with Crippen LogP contribution >= 0.6 is 0 Å². The molecule has 0 spiro atoms. The van der Waals surface area contributed by atoms with E-state index in [1.54, 1.807) is 0 Å². The second kappa shape index (κ2) is 32.7. The molecule has 0 aromatic rings. The van der Waals surface area contributed by atoms with Crippen molar-refractivity contribution in [2.75, 3.05) is 0 Å². The minimum Gasteiger partial charge on any atom is -0.387 e. The van der Waals surface area contributed by atoms with Gasteiger partial charge in [0.15, 0.2) is 0 Å². The Morgan fingerprint density at radius 3 is 1.27 bits per heavy atom. The van der Waals surface area contributed by atoms with E-state index in [9.17, 15) is 9.90 Å². The number of carbonyl (C=O) groups excluding carboxylic acids is 1. The number of amides is 1. The SMILES string of the molecule is CCCCCCCCCCCCC/C=C/C(O)C(CC)NC(=O)CCCCCCCCCCCCCCCCC. The van der Waals surface area contributed by atoms with E-state index < -0.39 is 6.10 Å². The highest BCUT2D eigenvalue weighted by Crippen LogP contribution is 2.15. The van der Waals surface area contributed by atoms with Crippen LogP contribution < -0.4 is 5.32 Å². The van der Waals surface area contributed by atoms with Crippen molar-refractivity contribution in [3.63, 3.8) is 0 Å². The molecule has 238 valence electrons. The van der Waals surface area contributed by atoms with Gasteiger partial charge >= 0.3 is 0 Å². The zero-order chi connectivity index (χ0) is 29.4. The first-order chi connectivity index (χ1) is 19.7. The zero-order valence-corrected chi connectivity index (χ0v) is 27.7. The van der Waals surface area contributed by atoms with Crippen LogP contribution in [0.25, 0.3) is 0 Å². The number of allylic oxidation sites excluding steroid dienone is 1. The number of rotatable bonds is 32. The number of unbranched alkanes of at least 4 members (excludes halogenated alkanes) is 25. The Hall–Kier alpha value is -0.830. The number of aliphatic hydroxyl groups excluding tert-OH is 1. The second-order valence-corrected chi connectivity index (χ2v) is 12.5. The topological polar surface area (TPSA) is 49.3 Å². The molecule has 3 heteroatoms. The third-order valence-electron chi connectivity index (χ3n) is 8.51. The highest BCUT2D eigenvalue weighted by atomic mass is 16.3. The summed E-state index contributed by atoms with van der Waals surface area (Å²) in [6.45, 7) is 6.60. The smallest absolute Gasteiger partial charge is 0.220 e. The summed E-state index contributed by atoms with van der Waals surface area (Å²) in [4.78, 5) is 12.4. The highest BCUT2D eigenvalue weighted by Gasteiger charge is 2.16. The number of hydrogen-bond acceptors (Lipinski definition) is 2. The molecule has 0 saturated heterocycles. The first kappa shape index (κ1) is 39.2. The first-order valence-electron chi connectivity index (χ1n) is 18.3. The lowest BCUT2D eigenvalue weighted by molar-refractivity contribution is -0.122. The molecule has 40 heavy (non-hydrogen) atoms. The van der Waals surface area contributed by atoms with Crippen molar-refractivity contribution < 1.29 is 9.90 Å². The van der Waals surface area contributed by atoms with Gasteiger partial charge in [-0.3, -0.25) is 4.79 Å². The van der Waals surface area contributed by atoms with Crippen molar-refractivity contribution in [3.05, 3.63) is 12.2 Å². The third kappa shape index (κ3) is 28.7. The summed E-state index contributed by atoms with van der Waals surface area (Å²) in [6, 6.07) is -0.169. The molecule has 0 saturated carbocycles. The van der Waals surface area contributed by atoms with Gasteiger partial charge in [0, 0.05) is 6.42 Å². The van der Waals surface area contributed by atoms with E-state index >= 15 is 0 Å². The van der Waals surface area contributed by atoms with Gasteiger partial charge in [0.2, 0.25) is 5.91 Å². The van der Waals surface area contributed by atoms with Crippen LogP contribution in [0.15, 0.2) is 12.2 Å². The van der Waals surface area contributed by atoms with Gasteiger partial charge in [-0.25, -0.2) is 0 Å². The molecule has 0 radical (unpaired) electrons. The molecule has 0 rings (SSSR count). The van der Waals surface area contributed by atoms with Crippen LogP contribution in [-0.2, 0) is 4.79 Å². The van der Waals surface area contributed by atoms with E-state index in [0.29, 0.717) is 6.42 Å². The minimum atomic E-state index is -0.581. The summed E-state index contributed by atoms with van der Waals surface area (Å²) in [5.74, 6) is 0.0966. The normalized spacial score (nSPS) is 13.2. The molecule has 0 aromatic carbocycles. The quantitative estimate of drug-likeness (QED) is 0.0631. The maximum atomic E-state index is 12.4. The summed E-state index contributed by atoms with van der Waals surface area (Å²) in [6.07, 6.45) is 40.8. The predicted octanol–water partition coefficient (Wildman–Crippen LogP) is 11.8. The Morgan fingerprint density at radius 2 is 0.900 bits per heavy atom. The summed E-state index contributed by atoms with van der Waals surface area (Å²) >= 11 is 0. The lowest BCUT2D eigenvalue weighted by atomic mass is 10.0. The lowest BCUT2D eigenvalue weighted by Gasteiger charge is -2.20. The van der Waals surface area contributed by atoms with Gasteiger partial charge in [0.05, 0.1) is 12.1 Å². The molecule has 3 nitrogen and oxygen atoms in total. The van der Waals surface area contributed by atoms with Crippen LogP contribution in [0.5, 0.6) is 0 Å². The van der Waals surface area contributed by atoms with E-state index in [2.05, 4.69) is 25.2 Å². The summed E-state index contributed by atoms with van der Waals surface area (Å²) in [5.41, 5.74) is 0. The minimum absolute atomic E-state index is 0.0966. The van der Waals surface area contributed by atoms with Gasteiger partial charge in [0.1, 0.15) is 0 Å². The van der Waals surface area contributed by atoms with E-state index in [-0.39, 0.29) is 11.9 Å². The molecule has 0 bridgehead atoms. The fourth-order valence-corrected chi connectivity index (χ4v) is 5.66. The fraction of sp³-hybridized carbons (Fsp3) is 0.919. The van der Waals surface area contributed by atoms with Crippen molar-refractivity contribution in [3.8, 4) is 0 Å². The Morgan fingerprint density at radius 1 is 0.550 bits per heavy atom. The van der Waals surface area contributed by atoms with Gasteiger partial charge < -0.3 is 10.4 Å². The molecule has 0 aliphatic heterocycles. The Balaban J connectivity index is 3.60. The number of hydrogen-bond donors (Lipinski definition) is 2. The van der Waals surface area contributed by atoms with Crippen molar-refractivity contribution in [1.82, 2.24) is 5.32 Å². The van der Waals surface area contributed by atoms with Crippen molar-refractivity contribution in [1.29, 1.82) is 0 Å². The van der Waals surface area contributed by atoms with Gasteiger partial charge in [-0.2, -0.15) is 0 Å². The lowest BCUT2D eigenvalue weighted by Crippen LogP contribution is -2.42. The molecular formula is C37H73NO2. The van der Waals surface area contributed by atoms with E-state index in [0.717, 1.165) is 25.7 Å². The van der Waals surface area contributed by atoms with Crippen LogP contribution in [0.3, 0.4) is 0 Å². The largest absolute Gasteiger partial charge is 0.387 e. The molecule has 1 amide bonds. The van der Waals surface area contributed by atoms with Gasteiger partial charge in [-0.05, 0) is 25.7 Å². The molecule has 0 fully saturated rings. The van der Waals surface area contributed by atoms with E-state index in [1.165, 1.54) is 154 Å². The van der Waals surface area contributed by atoms with Gasteiger partial charge in [-0.1, -0.05) is 187 Å². The summed E-state index contributed by atoms with van der Waals surface area (Å²) in [7, 11) is 0. The van der Waals surface area contributed by atoms with Crippen LogP contribution in [-0.4, -0.2) is 23.2 Å². The average molecular weight is 564 g/mol. The number of nitrogens with one attached hydrogen (secondary N) is 1. The van der Waals surface area contributed by atoms with E-state index in [4.69, 9.17) is 0 Å². The Bertz CT molecular complexity index is 532. The van der Waals surface area contributed by atoms with Crippen LogP contribution in [0.4, 0.5) is 0 Å². The van der Waals surface area contributed by atoms with Crippen molar-refractivity contribution >= 4 is 5.91 Å². The standard InChI is InChI=1S/C37H73NO2/c1-4-7-9-11-13-15-17-19-20-22-24-26-28-30-32-34-37(40)38-35(6-3)36(39)33-31-29-27-25-23-21-18-16-14-12-10-8-5-2/h31,33,35-36,39H,4-30,32,34H2,1-3H3,(H,38,40)/b33-31+. The Kier molecular flexibility index (Phi) is 32.0. The maximum Gasteiger partial charge on any atom is 0.220 e. The Labute approximate surface area is 252 Å². The molecule has 2 atom stereocenters. The molecule has 2 unspecified atom stereocenters. The average Bonchev–Trinajstić information content (AvgIpc) is 2.96. The van der Waals surface area contributed by atoms with Crippen LogP contribution in [0.2, 0.25) is 0 Å². The molecule has 0 heterocycles. The molecule has 0 aliphatic rings. The van der Waals surface area contributed by atoms with Crippen LogP contribution in [0.1, 0.15) is 207 Å². The predicted molar refractivity (Wildman–Crippen MR) is 178 cm³/mol. The van der Waals surface area contributed by atoms with Crippen LogP contribution in [0, 0.1) is 0 Å². The third-order valence-corrected chi connectivity index (χ3v) is 8.51. The number of carbonyl (C=O) groups is 1. The highest BCUT2D eigenvalue weighted by molar-refractivity contribution is 5.76. The molecule has 0 aliphatic carbocycles. The fourth-order valence-electron chi connectivity index (χ4n) is 5.66. The second-order valence-electron chi connectivity index (χ2n) is 12.5. The maximum absolute atomic E-state index is 12.4. The monoisotopic (exact) mass is 564 g/mol. The van der Waals surface area contributed by atoms with Crippen molar-refractivity contribution in [2.24, 2.45) is 0 Å². The van der Waals surface area contributed by atoms with Gasteiger partial charge in [0.25, 0.3) is 0 Å². The van der Waals surface area contributed by atoms with Crippen molar-refractivity contribution in [2.45, 2.75) is 219 Å².